The zero-order valence-electron chi connectivity index (χ0n) is 38.3. The summed E-state index contributed by atoms with van der Waals surface area (Å²) in [4.78, 5) is 5.71. The summed E-state index contributed by atoms with van der Waals surface area (Å²) in [5.41, 5.74) is 22.6. The highest BCUT2D eigenvalue weighted by Crippen LogP contribution is 2.58. The first kappa shape index (κ1) is 39.2. The molecule has 3 aliphatic carbocycles. The summed E-state index contributed by atoms with van der Waals surface area (Å²) in [7, 11) is 0. The summed E-state index contributed by atoms with van der Waals surface area (Å²) in [5, 5.41) is 3.41. The highest BCUT2D eigenvalue weighted by molar-refractivity contribution is 5.99. The minimum Gasteiger partial charge on any atom is -0.309 e. The van der Waals surface area contributed by atoms with Gasteiger partial charge >= 0.3 is 0 Å². The SMILES string of the molecule is C1=C2N=c3cc(C4(c5ccccc5)c5ccccc5-c5ccccc54)ccc3=C2c2c(c3ccc(C4(c5ccccc5)c5ccccc5-c5ccccc54)cc3n2-c2ccccc2)C1c1ccccc1. The number of fused-ring (bicyclic) bond motifs is 12. The zero-order chi connectivity index (χ0) is 46.0. The standard InChI is InChI=1S/C68H44N2/c1-5-21-44(22-6-1)56-43-62-65(54-39-37-47(41-61(54)69-62)67(45-23-7-2-8-24-45)57-33-17-13-29-50(57)51-30-14-18-34-58(51)67)66-64(56)55-40-38-48(42-63(55)70(66)49-27-11-4-12-28-49)68(46-25-9-3-10-26-46)59-35-19-15-31-52(59)53-32-16-20-36-60(53)68/h1-43,56H. The maximum atomic E-state index is 5.71. The van der Waals surface area contributed by atoms with Gasteiger partial charge in [-0.2, -0.15) is 0 Å². The summed E-state index contributed by atoms with van der Waals surface area (Å²) in [5.74, 6) is -0.0361. The van der Waals surface area contributed by atoms with E-state index in [2.05, 4.69) is 265 Å². The van der Waals surface area contributed by atoms with Crippen molar-refractivity contribution in [3.8, 4) is 27.9 Å². The average molecular weight is 889 g/mol. The second-order valence-electron chi connectivity index (χ2n) is 19.2. The average Bonchev–Trinajstić information content (AvgIpc) is 4.16. The normalized spacial score (nSPS) is 16.0. The van der Waals surface area contributed by atoms with Gasteiger partial charge in [0.05, 0.1) is 33.1 Å². The lowest BCUT2D eigenvalue weighted by atomic mass is 9.67. The number of para-hydroxylation sites is 1. The molecule has 70 heavy (non-hydrogen) atoms. The van der Waals surface area contributed by atoms with Gasteiger partial charge in [0.25, 0.3) is 0 Å². The van der Waals surface area contributed by atoms with Gasteiger partial charge in [0.1, 0.15) is 0 Å². The fourth-order valence-corrected chi connectivity index (χ4v) is 13.3. The van der Waals surface area contributed by atoms with Crippen molar-refractivity contribution < 1.29 is 0 Å². The van der Waals surface area contributed by atoms with Gasteiger partial charge < -0.3 is 4.57 Å². The number of hydrogen-bond acceptors (Lipinski definition) is 1. The Morgan fingerprint density at radius 3 is 1.36 bits per heavy atom. The molecule has 0 fully saturated rings. The molecule has 4 aliphatic rings. The summed E-state index contributed by atoms with van der Waals surface area (Å²) >= 11 is 0. The van der Waals surface area contributed by atoms with Crippen LogP contribution in [-0.2, 0) is 10.8 Å². The Balaban J connectivity index is 1.04. The molecule has 0 saturated carbocycles. The maximum Gasteiger partial charge on any atom is 0.0720 e. The third kappa shape index (κ3) is 5.15. The van der Waals surface area contributed by atoms with E-state index in [0.29, 0.717) is 0 Å². The first-order valence-corrected chi connectivity index (χ1v) is 24.5. The molecule has 0 N–H and O–H groups in total. The molecule has 1 aliphatic heterocycles. The minimum absolute atomic E-state index is 0.0361. The van der Waals surface area contributed by atoms with Crippen molar-refractivity contribution in [2.45, 2.75) is 16.7 Å². The number of allylic oxidation sites excluding steroid dienone is 2. The van der Waals surface area contributed by atoms with Gasteiger partial charge in [-0.25, -0.2) is 4.99 Å². The van der Waals surface area contributed by atoms with E-state index in [-0.39, 0.29) is 5.92 Å². The van der Waals surface area contributed by atoms with Gasteiger partial charge in [-0.3, -0.25) is 0 Å². The molecule has 2 nitrogen and oxygen atoms in total. The summed E-state index contributed by atoms with van der Waals surface area (Å²) in [6, 6.07) is 94.9. The van der Waals surface area contributed by atoms with Crippen LogP contribution in [0.25, 0.3) is 44.4 Å². The third-order valence-corrected chi connectivity index (χ3v) is 16.0. The van der Waals surface area contributed by atoms with Gasteiger partial charge in [0.2, 0.25) is 0 Å². The van der Waals surface area contributed by atoms with E-state index < -0.39 is 10.8 Å². The van der Waals surface area contributed by atoms with Crippen molar-refractivity contribution >= 4 is 16.5 Å². The van der Waals surface area contributed by atoms with Gasteiger partial charge in [-0.05, 0) is 108 Å². The Kier molecular flexibility index (Phi) is 8.30. The van der Waals surface area contributed by atoms with Gasteiger partial charge in [0, 0.05) is 27.8 Å². The monoisotopic (exact) mass is 888 g/mol. The number of hydrogen-bond donors (Lipinski definition) is 0. The Morgan fingerprint density at radius 2 is 0.829 bits per heavy atom. The first-order chi connectivity index (χ1) is 34.7. The van der Waals surface area contributed by atoms with Crippen LogP contribution in [0.4, 0.5) is 0 Å². The van der Waals surface area contributed by atoms with Crippen molar-refractivity contribution in [2.24, 2.45) is 4.99 Å². The lowest BCUT2D eigenvalue weighted by molar-refractivity contribution is 0.766. The Bertz CT molecular complexity index is 4010. The summed E-state index contributed by atoms with van der Waals surface area (Å²) in [6.45, 7) is 0. The van der Waals surface area contributed by atoms with Crippen LogP contribution in [0.15, 0.2) is 272 Å². The van der Waals surface area contributed by atoms with Gasteiger partial charge in [-0.15, -0.1) is 0 Å². The van der Waals surface area contributed by atoms with Crippen molar-refractivity contribution in [1.82, 2.24) is 4.57 Å². The third-order valence-electron chi connectivity index (χ3n) is 16.0. The molecule has 11 aromatic rings. The van der Waals surface area contributed by atoms with Crippen LogP contribution in [0.3, 0.4) is 0 Å². The van der Waals surface area contributed by atoms with Crippen LogP contribution in [0, 0.1) is 0 Å². The molecule has 10 aromatic carbocycles. The van der Waals surface area contributed by atoms with Crippen molar-refractivity contribution in [3.63, 3.8) is 0 Å². The fraction of sp³-hybridized carbons (Fsp3) is 0.0441. The minimum atomic E-state index is -0.539. The van der Waals surface area contributed by atoms with E-state index in [1.165, 1.54) is 100 Å². The van der Waals surface area contributed by atoms with E-state index in [1.54, 1.807) is 0 Å². The second kappa shape index (κ2) is 14.8. The quantitative estimate of drug-likeness (QED) is 0.158. The molecule has 1 aromatic heterocycles. The fourth-order valence-electron chi connectivity index (χ4n) is 13.3. The predicted molar refractivity (Wildman–Crippen MR) is 284 cm³/mol. The van der Waals surface area contributed by atoms with Crippen LogP contribution in [0.5, 0.6) is 0 Å². The molecule has 2 heterocycles. The topological polar surface area (TPSA) is 17.3 Å². The second-order valence-corrected chi connectivity index (χ2v) is 19.2. The van der Waals surface area contributed by atoms with E-state index in [9.17, 15) is 0 Å². The van der Waals surface area contributed by atoms with E-state index in [4.69, 9.17) is 4.99 Å². The molecule has 0 saturated heterocycles. The first-order valence-electron chi connectivity index (χ1n) is 24.5. The molecule has 2 heteroatoms. The van der Waals surface area contributed by atoms with Crippen LogP contribution in [-0.4, -0.2) is 4.57 Å². The molecule has 15 rings (SSSR count). The Hall–Kier alpha value is -8.85. The van der Waals surface area contributed by atoms with Crippen molar-refractivity contribution in [1.29, 1.82) is 0 Å². The van der Waals surface area contributed by atoms with Crippen molar-refractivity contribution in [3.05, 3.63) is 338 Å². The van der Waals surface area contributed by atoms with Gasteiger partial charge in [-0.1, -0.05) is 231 Å². The molecular weight excluding hydrogens is 845 g/mol. The zero-order valence-corrected chi connectivity index (χ0v) is 38.3. The van der Waals surface area contributed by atoms with E-state index >= 15 is 0 Å². The Morgan fingerprint density at radius 1 is 0.386 bits per heavy atom. The van der Waals surface area contributed by atoms with Gasteiger partial charge in [0.15, 0.2) is 0 Å². The lowest BCUT2D eigenvalue weighted by Crippen LogP contribution is -2.33. The highest BCUT2D eigenvalue weighted by Gasteiger charge is 2.48. The molecule has 0 spiro atoms. The van der Waals surface area contributed by atoms with E-state index in [1.807, 2.05) is 0 Å². The molecule has 0 amide bonds. The molecule has 326 valence electrons. The largest absolute Gasteiger partial charge is 0.309 e. The van der Waals surface area contributed by atoms with Crippen LogP contribution < -0.4 is 10.6 Å². The maximum absolute atomic E-state index is 5.71. The molecular formula is C68H44N2. The molecule has 0 radical (unpaired) electrons. The smallest absolute Gasteiger partial charge is 0.0720 e. The number of nitrogens with zero attached hydrogens (tertiary/aromatic N) is 2. The van der Waals surface area contributed by atoms with E-state index in [0.717, 1.165) is 22.0 Å². The number of rotatable bonds is 6. The number of benzene rings is 10. The molecule has 1 unspecified atom stereocenters. The summed E-state index contributed by atoms with van der Waals surface area (Å²) < 4.78 is 2.56. The predicted octanol–water partition coefficient (Wildman–Crippen LogP) is 14.2. The lowest BCUT2D eigenvalue weighted by Gasteiger charge is -2.34. The highest BCUT2D eigenvalue weighted by atomic mass is 15.0. The van der Waals surface area contributed by atoms with Crippen LogP contribution in [0.2, 0.25) is 0 Å². The van der Waals surface area contributed by atoms with Crippen LogP contribution >= 0.6 is 0 Å². The van der Waals surface area contributed by atoms with Crippen LogP contribution in [0.1, 0.15) is 67.2 Å². The molecule has 0 bridgehead atoms. The number of aromatic nitrogens is 1. The summed E-state index contributed by atoms with van der Waals surface area (Å²) in [6.07, 6.45) is 2.44. The van der Waals surface area contributed by atoms with Crippen molar-refractivity contribution in [2.75, 3.05) is 0 Å². The molecule has 1 atom stereocenters. The Labute approximate surface area is 407 Å².